The van der Waals surface area contributed by atoms with E-state index in [1.54, 1.807) is 4.90 Å². The Hall–Kier alpha value is -2.62. The molecule has 1 fully saturated rings. The number of halogens is 3. The van der Waals surface area contributed by atoms with Gasteiger partial charge in [0.05, 0.1) is 11.6 Å². The van der Waals surface area contributed by atoms with Gasteiger partial charge in [0, 0.05) is 18.7 Å². The van der Waals surface area contributed by atoms with Crippen LogP contribution >= 0.6 is 0 Å². The van der Waals surface area contributed by atoms with Gasteiger partial charge in [-0.2, -0.15) is 13.2 Å². The highest BCUT2D eigenvalue weighted by molar-refractivity contribution is 6.04. The van der Waals surface area contributed by atoms with Crippen molar-refractivity contribution in [3.05, 3.63) is 34.9 Å². The van der Waals surface area contributed by atoms with Crippen LogP contribution in [-0.2, 0) is 11.0 Å². The van der Waals surface area contributed by atoms with Crippen LogP contribution < -0.4 is 16.8 Å². The third kappa shape index (κ3) is 5.50. The Bertz CT molecular complexity index is 825. The highest BCUT2D eigenvalue weighted by Crippen LogP contribution is 2.39. The number of piperidine rings is 1. The molecule has 7 nitrogen and oxygen atoms in total. The van der Waals surface area contributed by atoms with Gasteiger partial charge in [-0.25, -0.2) is 0 Å². The maximum Gasteiger partial charge on any atom is 0.416 e. The lowest BCUT2D eigenvalue weighted by Gasteiger charge is -2.37. The summed E-state index contributed by atoms with van der Waals surface area (Å²) in [5, 5.41) is 9.03. The van der Waals surface area contributed by atoms with Crippen LogP contribution in [0, 0.1) is 10.8 Å². The number of hydrogen-bond donors (Lipinski definition) is 4. The van der Waals surface area contributed by atoms with Gasteiger partial charge in [-0.15, -0.1) is 0 Å². The van der Waals surface area contributed by atoms with E-state index in [1.165, 1.54) is 12.1 Å². The Labute approximate surface area is 173 Å². The molecule has 30 heavy (non-hydrogen) atoms. The van der Waals surface area contributed by atoms with E-state index in [2.05, 4.69) is 0 Å². The number of rotatable bonds is 3. The quantitative estimate of drug-likeness (QED) is 0.437. The number of nitrogens with one attached hydrogen (secondary N) is 2. The minimum absolute atomic E-state index is 0.0918. The topological polar surface area (TPSA) is 125 Å². The number of hydrogen-bond acceptors (Lipinski definition) is 4. The van der Waals surface area contributed by atoms with Crippen molar-refractivity contribution in [2.75, 3.05) is 13.1 Å². The predicted octanol–water partition coefficient (Wildman–Crippen LogP) is 2.41. The molecule has 0 aromatic heterocycles. The summed E-state index contributed by atoms with van der Waals surface area (Å²) < 4.78 is 41.0. The summed E-state index contributed by atoms with van der Waals surface area (Å²) in [7, 11) is 0. The summed E-state index contributed by atoms with van der Waals surface area (Å²) in [6, 6.07) is 2.68. The van der Waals surface area contributed by atoms with Crippen molar-refractivity contribution in [3.63, 3.8) is 0 Å². The van der Waals surface area contributed by atoms with E-state index in [-0.39, 0.29) is 17.0 Å². The zero-order chi connectivity index (χ0) is 22.9. The molecule has 1 aliphatic heterocycles. The lowest BCUT2D eigenvalue weighted by atomic mass is 9.83. The zero-order valence-electron chi connectivity index (χ0n) is 17.3. The number of carbonyl (C=O) groups is 2. The summed E-state index contributed by atoms with van der Waals surface area (Å²) in [5.41, 5.74) is 9.66. The van der Waals surface area contributed by atoms with E-state index in [9.17, 15) is 22.8 Å². The van der Waals surface area contributed by atoms with Gasteiger partial charge in [-0.1, -0.05) is 26.8 Å². The number of amides is 2. The van der Waals surface area contributed by atoms with Crippen molar-refractivity contribution in [3.8, 4) is 0 Å². The van der Waals surface area contributed by atoms with Crippen molar-refractivity contribution in [1.82, 2.24) is 10.2 Å². The molecule has 1 aliphatic rings. The summed E-state index contributed by atoms with van der Waals surface area (Å²) in [6.07, 6.45) is -3.92. The van der Waals surface area contributed by atoms with Crippen molar-refractivity contribution >= 4 is 17.8 Å². The molecule has 1 saturated heterocycles. The van der Waals surface area contributed by atoms with Crippen LogP contribution in [0.1, 0.15) is 61.0 Å². The fourth-order valence-electron chi connectivity index (χ4n) is 3.47. The van der Waals surface area contributed by atoms with Gasteiger partial charge in [0.25, 0.3) is 5.91 Å². The molecule has 10 heteroatoms. The van der Waals surface area contributed by atoms with Crippen LogP contribution in [0.15, 0.2) is 18.2 Å². The average molecular weight is 427 g/mol. The summed E-state index contributed by atoms with van der Waals surface area (Å²) in [6.45, 7) is 6.22. The summed E-state index contributed by atoms with van der Waals surface area (Å²) in [5.74, 6) is -2.13. The third-order valence-electron chi connectivity index (χ3n) is 5.31. The lowest BCUT2D eigenvalue weighted by molar-refractivity contribution is -0.139. The molecular weight excluding hydrogens is 399 g/mol. The molecule has 2 rings (SSSR count). The smallest absolute Gasteiger partial charge is 0.370 e. The largest absolute Gasteiger partial charge is 0.416 e. The molecule has 0 aliphatic carbocycles. The van der Waals surface area contributed by atoms with Gasteiger partial charge >= 0.3 is 6.18 Å². The molecule has 1 aromatic carbocycles. The van der Waals surface area contributed by atoms with Crippen LogP contribution in [0.25, 0.3) is 0 Å². The first-order chi connectivity index (χ1) is 13.7. The first kappa shape index (κ1) is 23.7. The highest BCUT2D eigenvalue weighted by atomic mass is 19.4. The van der Waals surface area contributed by atoms with Crippen LogP contribution in [0.2, 0.25) is 0 Å². The molecule has 0 saturated carbocycles. The normalized spacial score (nSPS) is 16.8. The van der Waals surface area contributed by atoms with Gasteiger partial charge < -0.3 is 16.4 Å². The van der Waals surface area contributed by atoms with Crippen molar-refractivity contribution < 1.29 is 22.8 Å². The number of likely N-dealkylation sites (tertiary alicyclic amines) is 1. The maximum absolute atomic E-state index is 13.7. The molecule has 2 amide bonds. The van der Waals surface area contributed by atoms with Gasteiger partial charge in [-0.05, 0) is 41.9 Å². The first-order valence-corrected chi connectivity index (χ1v) is 9.62. The van der Waals surface area contributed by atoms with Crippen molar-refractivity contribution in [2.24, 2.45) is 16.9 Å². The fraction of sp³-hybridized carbons (Fsp3) is 0.550. The number of guanidine groups is 1. The second-order valence-corrected chi connectivity index (χ2v) is 8.61. The number of benzene rings is 1. The number of alkyl halides is 3. The molecule has 1 heterocycles. The molecule has 0 bridgehead atoms. The Balaban J connectivity index is 2.21. The summed E-state index contributed by atoms with van der Waals surface area (Å²) in [4.78, 5) is 26.1. The average Bonchev–Trinajstić information content (AvgIpc) is 2.64. The van der Waals surface area contributed by atoms with E-state index in [0.29, 0.717) is 25.9 Å². The second-order valence-electron chi connectivity index (χ2n) is 8.61. The molecule has 1 aromatic rings. The molecule has 1 unspecified atom stereocenters. The molecule has 6 N–H and O–H groups in total. The monoisotopic (exact) mass is 427 g/mol. The van der Waals surface area contributed by atoms with E-state index in [1.807, 2.05) is 26.1 Å². The summed E-state index contributed by atoms with van der Waals surface area (Å²) >= 11 is 0. The molecule has 0 spiro atoms. The van der Waals surface area contributed by atoms with Gasteiger partial charge in [0.15, 0.2) is 5.96 Å². The van der Waals surface area contributed by atoms with Crippen LogP contribution in [0.5, 0.6) is 0 Å². The molecule has 0 radical (unpaired) electrons. The van der Waals surface area contributed by atoms with E-state index >= 15 is 0 Å². The maximum atomic E-state index is 13.7. The Morgan fingerprint density at radius 3 is 2.23 bits per heavy atom. The standard InChI is InChI=1S/C20H28F3N5O2/c1-19(2,3)15(24)17(30)28-8-6-11(7-9-28)13-5-4-12(16(29)27-18(25)26)10-14(13)20(21,22)23/h4-5,10-11,15H,6-9,24H2,1-3H3,(H4,25,26,27,29). The second kappa shape index (κ2) is 8.63. The Morgan fingerprint density at radius 2 is 1.77 bits per heavy atom. The Kier molecular flexibility index (Phi) is 6.80. The zero-order valence-corrected chi connectivity index (χ0v) is 17.3. The molecular formula is C20H28F3N5O2. The third-order valence-corrected chi connectivity index (χ3v) is 5.31. The van der Waals surface area contributed by atoms with Crippen molar-refractivity contribution in [2.45, 2.75) is 51.7 Å². The van der Waals surface area contributed by atoms with Gasteiger partial charge in [-0.3, -0.25) is 20.3 Å². The van der Waals surface area contributed by atoms with E-state index in [4.69, 9.17) is 16.9 Å². The van der Waals surface area contributed by atoms with E-state index in [0.717, 1.165) is 6.07 Å². The fourth-order valence-corrected chi connectivity index (χ4v) is 3.47. The number of carbonyl (C=O) groups excluding carboxylic acids is 2. The lowest BCUT2D eigenvalue weighted by Crippen LogP contribution is -2.52. The van der Waals surface area contributed by atoms with Crippen molar-refractivity contribution in [1.29, 1.82) is 5.41 Å². The predicted molar refractivity (Wildman–Crippen MR) is 107 cm³/mol. The van der Waals surface area contributed by atoms with Crippen LogP contribution in [0.3, 0.4) is 0 Å². The minimum atomic E-state index is -4.65. The van der Waals surface area contributed by atoms with Crippen LogP contribution in [-0.4, -0.2) is 41.8 Å². The number of nitrogens with two attached hydrogens (primary N) is 2. The Morgan fingerprint density at radius 1 is 1.20 bits per heavy atom. The van der Waals surface area contributed by atoms with Gasteiger partial charge in [0.2, 0.25) is 5.91 Å². The molecule has 166 valence electrons. The van der Waals surface area contributed by atoms with E-state index < -0.39 is 41.0 Å². The highest BCUT2D eigenvalue weighted by Gasteiger charge is 2.38. The van der Waals surface area contributed by atoms with Gasteiger partial charge in [0.1, 0.15) is 0 Å². The van der Waals surface area contributed by atoms with Crippen LogP contribution in [0.4, 0.5) is 13.2 Å². The molecule has 1 atom stereocenters. The minimum Gasteiger partial charge on any atom is -0.370 e. The first-order valence-electron chi connectivity index (χ1n) is 9.62. The number of nitrogens with zero attached hydrogens (tertiary/aromatic N) is 1. The SMILES string of the molecule is CC(C)(C)C(N)C(=O)N1CCC(c2ccc(C(=O)NC(=N)N)cc2C(F)(F)F)CC1.